The number of hydrogen-bond acceptors (Lipinski definition) is 5. The second-order valence-electron chi connectivity index (χ2n) is 3.78. The first-order valence-electron chi connectivity index (χ1n) is 5.44. The summed E-state index contributed by atoms with van der Waals surface area (Å²) in [6, 6.07) is 6.97. The highest BCUT2D eigenvalue weighted by molar-refractivity contribution is 8.00. The van der Waals surface area contributed by atoms with Crippen LogP contribution in [-0.4, -0.2) is 26.0 Å². The third kappa shape index (κ3) is 3.62. The first-order valence-corrected chi connectivity index (χ1v) is 6.70. The second kappa shape index (κ2) is 5.94. The smallest absolute Gasteiger partial charge is 0.237 e. The van der Waals surface area contributed by atoms with E-state index >= 15 is 0 Å². The first kappa shape index (κ1) is 13.7. The number of hydrogen-bond donors (Lipinski definition) is 2. The SMILES string of the molecule is C[C@@H](Sc1nncn1N)C(=O)Nc1cccc(Cl)c1. The van der Waals surface area contributed by atoms with Gasteiger partial charge < -0.3 is 11.2 Å². The summed E-state index contributed by atoms with van der Waals surface area (Å²) < 4.78 is 1.27. The minimum Gasteiger partial charge on any atom is -0.336 e. The van der Waals surface area contributed by atoms with Gasteiger partial charge in [0.2, 0.25) is 11.1 Å². The summed E-state index contributed by atoms with van der Waals surface area (Å²) in [5.74, 6) is 5.43. The third-order valence-electron chi connectivity index (χ3n) is 2.28. The van der Waals surface area contributed by atoms with E-state index < -0.39 is 0 Å². The Bertz CT molecular complexity index is 588. The van der Waals surface area contributed by atoms with Crippen molar-refractivity contribution in [3.8, 4) is 0 Å². The minimum absolute atomic E-state index is 0.157. The molecule has 1 atom stereocenters. The summed E-state index contributed by atoms with van der Waals surface area (Å²) in [5, 5.41) is 10.9. The summed E-state index contributed by atoms with van der Waals surface area (Å²) >= 11 is 7.08. The molecule has 6 nitrogen and oxygen atoms in total. The summed E-state index contributed by atoms with van der Waals surface area (Å²) in [6.07, 6.45) is 1.38. The van der Waals surface area contributed by atoms with Gasteiger partial charge >= 0.3 is 0 Å². The van der Waals surface area contributed by atoms with Gasteiger partial charge in [-0.15, -0.1) is 10.2 Å². The number of carbonyl (C=O) groups is 1. The van der Waals surface area contributed by atoms with Crippen LogP contribution in [0.2, 0.25) is 5.02 Å². The second-order valence-corrected chi connectivity index (χ2v) is 5.52. The van der Waals surface area contributed by atoms with Crippen molar-refractivity contribution < 1.29 is 4.79 Å². The first-order chi connectivity index (χ1) is 9.06. The van der Waals surface area contributed by atoms with Crippen molar-refractivity contribution in [2.75, 3.05) is 11.2 Å². The monoisotopic (exact) mass is 297 g/mol. The molecule has 19 heavy (non-hydrogen) atoms. The molecule has 0 spiro atoms. The van der Waals surface area contributed by atoms with Gasteiger partial charge in [-0.2, -0.15) is 0 Å². The predicted molar refractivity (Wildman–Crippen MR) is 75.6 cm³/mol. The maximum absolute atomic E-state index is 12.0. The standard InChI is InChI=1S/C11H12ClN5OS/c1-7(19-11-16-14-6-17(11)13)10(18)15-9-4-2-3-8(12)5-9/h2-7H,13H2,1H3,(H,15,18)/t7-/m1/s1. The number of anilines is 1. The van der Waals surface area contributed by atoms with Gasteiger partial charge in [-0.3, -0.25) is 4.79 Å². The lowest BCUT2D eigenvalue weighted by Crippen LogP contribution is -2.23. The van der Waals surface area contributed by atoms with E-state index in [1.54, 1.807) is 31.2 Å². The molecule has 0 saturated carbocycles. The number of benzene rings is 1. The Labute approximate surface area is 119 Å². The van der Waals surface area contributed by atoms with Crippen molar-refractivity contribution in [2.24, 2.45) is 0 Å². The molecule has 3 N–H and O–H groups in total. The van der Waals surface area contributed by atoms with Gasteiger partial charge in [-0.25, -0.2) is 4.68 Å². The number of aromatic nitrogens is 3. The van der Waals surface area contributed by atoms with Gasteiger partial charge in [-0.05, 0) is 25.1 Å². The van der Waals surface area contributed by atoms with E-state index in [4.69, 9.17) is 17.4 Å². The Morgan fingerprint density at radius 3 is 3.00 bits per heavy atom. The van der Waals surface area contributed by atoms with Crippen molar-refractivity contribution in [1.29, 1.82) is 0 Å². The molecule has 0 aliphatic heterocycles. The van der Waals surface area contributed by atoms with Gasteiger partial charge in [0.15, 0.2) is 0 Å². The fraction of sp³-hybridized carbons (Fsp3) is 0.182. The number of nitrogens with one attached hydrogen (secondary N) is 1. The Balaban J connectivity index is 1.98. The predicted octanol–water partition coefficient (Wildman–Crippen LogP) is 1.76. The lowest BCUT2D eigenvalue weighted by atomic mass is 10.3. The molecule has 0 unspecified atom stereocenters. The molecule has 0 radical (unpaired) electrons. The third-order valence-corrected chi connectivity index (χ3v) is 3.59. The zero-order valence-electron chi connectivity index (χ0n) is 10.1. The van der Waals surface area contributed by atoms with Crippen LogP contribution in [-0.2, 0) is 4.79 Å². The fourth-order valence-electron chi connectivity index (χ4n) is 1.34. The van der Waals surface area contributed by atoms with Gasteiger partial charge in [0, 0.05) is 10.7 Å². The zero-order chi connectivity index (χ0) is 13.8. The van der Waals surface area contributed by atoms with E-state index in [1.807, 2.05) is 0 Å². The Hall–Kier alpha value is -1.73. The molecule has 1 aromatic carbocycles. The van der Waals surface area contributed by atoms with Crippen LogP contribution in [0.5, 0.6) is 0 Å². The van der Waals surface area contributed by atoms with E-state index in [1.165, 1.54) is 22.8 Å². The molecular formula is C11H12ClN5OS. The number of halogens is 1. The number of rotatable bonds is 4. The highest BCUT2D eigenvalue weighted by Crippen LogP contribution is 2.21. The molecule has 1 aromatic heterocycles. The quantitative estimate of drug-likeness (QED) is 0.663. The molecule has 0 saturated heterocycles. The van der Waals surface area contributed by atoms with Crippen LogP contribution < -0.4 is 11.2 Å². The van der Waals surface area contributed by atoms with Crippen LogP contribution in [0.15, 0.2) is 35.7 Å². The van der Waals surface area contributed by atoms with Gasteiger partial charge in [0.25, 0.3) is 0 Å². The van der Waals surface area contributed by atoms with Gasteiger partial charge in [0.05, 0.1) is 5.25 Å². The van der Waals surface area contributed by atoms with Gasteiger partial charge in [0.1, 0.15) is 6.33 Å². The Morgan fingerprint density at radius 2 is 2.37 bits per heavy atom. The van der Waals surface area contributed by atoms with Gasteiger partial charge in [-0.1, -0.05) is 29.4 Å². The molecule has 0 aliphatic carbocycles. The number of carbonyl (C=O) groups excluding carboxylic acids is 1. The molecule has 2 rings (SSSR count). The van der Waals surface area contributed by atoms with Crippen molar-refractivity contribution in [1.82, 2.24) is 14.9 Å². The van der Waals surface area contributed by atoms with E-state index in [2.05, 4.69) is 15.5 Å². The van der Waals surface area contributed by atoms with E-state index in [9.17, 15) is 4.79 Å². The lowest BCUT2D eigenvalue weighted by Gasteiger charge is -2.11. The van der Waals surface area contributed by atoms with E-state index in [-0.39, 0.29) is 11.2 Å². The molecule has 0 bridgehead atoms. The molecule has 1 amide bonds. The number of nitrogens with two attached hydrogens (primary N) is 1. The largest absolute Gasteiger partial charge is 0.336 e. The minimum atomic E-state index is -0.356. The fourth-order valence-corrected chi connectivity index (χ4v) is 2.27. The molecule has 1 heterocycles. The molecule has 100 valence electrons. The van der Waals surface area contributed by atoms with E-state index in [0.29, 0.717) is 15.9 Å². The van der Waals surface area contributed by atoms with Crippen LogP contribution in [0.1, 0.15) is 6.92 Å². The maximum atomic E-state index is 12.0. The Kier molecular flexibility index (Phi) is 4.28. The summed E-state index contributed by atoms with van der Waals surface area (Å²) in [6.45, 7) is 1.76. The van der Waals surface area contributed by atoms with Crippen molar-refractivity contribution >= 4 is 35.0 Å². The van der Waals surface area contributed by atoms with Crippen molar-refractivity contribution in [3.05, 3.63) is 35.6 Å². The molecule has 8 heteroatoms. The number of nitrogens with zero attached hydrogens (tertiary/aromatic N) is 3. The number of thioether (sulfide) groups is 1. The summed E-state index contributed by atoms with van der Waals surface area (Å²) in [5.41, 5.74) is 0.652. The highest BCUT2D eigenvalue weighted by atomic mass is 35.5. The summed E-state index contributed by atoms with van der Waals surface area (Å²) in [4.78, 5) is 12.0. The summed E-state index contributed by atoms with van der Waals surface area (Å²) in [7, 11) is 0. The topological polar surface area (TPSA) is 85.8 Å². The molecule has 0 aliphatic rings. The van der Waals surface area contributed by atoms with Crippen molar-refractivity contribution in [3.63, 3.8) is 0 Å². The van der Waals surface area contributed by atoms with E-state index in [0.717, 1.165) is 0 Å². The molecule has 0 fully saturated rings. The van der Waals surface area contributed by atoms with Crippen molar-refractivity contribution in [2.45, 2.75) is 17.3 Å². The van der Waals surface area contributed by atoms with Crippen LogP contribution >= 0.6 is 23.4 Å². The van der Waals surface area contributed by atoms with Crippen LogP contribution in [0, 0.1) is 0 Å². The number of amides is 1. The Morgan fingerprint density at radius 1 is 1.58 bits per heavy atom. The molecule has 2 aromatic rings. The average molecular weight is 298 g/mol. The lowest BCUT2D eigenvalue weighted by molar-refractivity contribution is -0.115. The maximum Gasteiger partial charge on any atom is 0.237 e. The van der Waals surface area contributed by atoms with Crippen LogP contribution in [0.4, 0.5) is 5.69 Å². The van der Waals surface area contributed by atoms with Crippen LogP contribution in [0.3, 0.4) is 0 Å². The number of nitrogen functional groups attached to an aromatic ring is 1. The normalized spacial score (nSPS) is 12.1. The highest BCUT2D eigenvalue weighted by Gasteiger charge is 2.17. The van der Waals surface area contributed by atoms with Crippen LogP contribution in [0.25, 0.3) is 0 Å². The zero-order valence-corrected chi connectivity index (χ0v) is 11.6. The molecular weight excluding hydrogens is 286 g/mol. The average Bonchev–Trinajstić information content (AvgIpc) is 2.75.